The van der Waals surface area contributed by atoms with Crippen molar-refractivity contribution in [1.82, 2.24) is 9.88 Å². The molecular formula is C22H21F2N3O3. The third kappa shape index (κ3) is 4.33. The second-order valence-electron chi connectivity index (χ2n) is 7.17. The van der Waals surface area contributed by atoms with Gasteiger partial charge in [0.25, 0.3) is 5.91 Å². The van der Waals surface area contributed by atoms with Crippen molar-refractivity contribution in [1.29, 1.82) is 0 Å². The highest BCUT2D eigenvalue weighted by Gasteiger charge is 2.23. The maximum atomic E-state index is 13.9. The number of aromatic nitrogens is 1. The number of carbonyl (C=O) groups excluding carboxylic acids is 1. The molecule has 4 rings (SSSR count). The highest BCUT2D eigenvalue weighted by atomic mass is 19.2. The Labute approximate surface area is 172 Å². The smallest absolute Gasteiger partial charge is 0.272 e. The minimum absolute atomic E-state index is 0.0599. The van der Waals surface area contributed by atoms with Gasteiger partial charge < -0.3 is 19.7 Å². The van der Waals surface area contributed by atoms with E-state index in [0.717, 1.165) is 6.07 Å². The number of rotatable bonds is 5. The van der Waals surface area contributed by atoms with Crippen LogP contribution in [0.15, 0.2) is 53.1 Å². The Balaban J connectivity index is 1.41. The molecule has 1 aliphatic rings. The van der Waals surface area contributed by atoms with Gasteiger partial charge in [-0.15, -0.1) is 0 Å². The normalized spacial score (nSPS) is 14.7. The minimum atomic E-state index is -0.950. The molecule has 3 heterocycles. The number of nitrogens with zero attached hydrogens (tertiary/aromatic N) is 2. The van der Waals surface area contributed by atoms with Gasteiger partial charge in [0, 0.05) is 25.0 Å². The first kappa shape index (κ1) is 20.0. The van der Waals surface area contributed by atoms with Gasteiger partial charge in [0.05, 0.1) is 18.2 Å². The van der Waals surface area contributed by atoms with E-state index in [2.05, 4.69) is 10.3 Å². The quantitative estimate of drug-likeness (QED) is 0.665. The van der Waals surface area contributed by atoms with Gasteiger partial charge in [0.15, 0.2) is 11.6 Å². The average Bonchev–Trinajstić information content (AvgIpc) is 3.23. The first-order valence-corrected chi connectivity index (χ1v) is 9.71. The predicted molar refractivity (Wildman–Crippen MR) is 107 cm³/mol. The average molecular weight is 413 g/mol. The molecule has 156 valence electrons. The zero-order valence-corrected chi connectivity index (χ0v) is 16.1. The SMILES string of the molecule is O=C(c1cc(NCc2ccc(-c3cccc(F)c3F)o2)ccn1)N1CCC(O)CC1. The van der Waals surface area contributed by atoms with Crippen LogP contribution in [0.3, 0.4) is 0 Å². The van der Waals surface area contributed by atoms with Crippen molar-refractivity contribution in [2.75, 3.05) is 18.4 Å². The molecule has 2 aromatic heterocycles. The van der Waals surface area contributed by atoms with Crippen molar-refractivity contribution >= 4 is 11.6 Å². The fourth-order valence-corrected chi connectivity index (χ4v) is 3.39. The van der Waals surface area contributed by atoms with Crippen LogP contribution in [0.25, 0.3) is 11.3 Å². The van der Waals surface area contributed by atoms with Crippen LogP contribution in [0, 0.1) is 11.6 Å². The summed E-state index contributed by atoms with van der Waals surface area (Å²) in [4.78, 5) is 18.5. The number of aliphatic hydroxyl groups is 1. The van der Waals surface area contributed by atoms with Gasteiger partial charge >= 0.3 is 0 Å². The van der Waals surface area contributed by atoms with Crippen molar-refractivity contribution < 1.29 is 23.1 Å². The minimum Gasteiger partial charge on any atom is -0.459 e. The first-order valence-electron chi connectivity index (χ1n) is 9.71. The van der Waals surface area contributed by atoms with Gasteiger partial charge in [-0.2, -0.15) is 0 Å². The number of amides is 1. The number of piperidine rings is 1. The predicted octanol–water partition coefficient (Wildman–Crippen LogP) is 3.83. The van der Waals surface area contributed by atoms with E-state index >= 15 is 0 Å². The van der Waals surface area contributed by atoms with Crippen molar-refractivity contribution in [3.63, 3.8) is 0 Å². The standard InChI is InChI=1S/C22H21F2N3O3/c23-18-3-1-2-17(21(18)24)20-5-4-16(30-20)13-26-14-6-9-25-19(12-14)22(29)27-10-7-15(28)8-11-27/h1-6,9,12,15,28H,7-8,10-11,13H2,(H,25,26). The van der Waals surface area contributed by atoms with E-state index in [4.69, 9.17) is 4.42 Å². The van der Waals surface area contributed by atoms with Crippen LogP contribution >= 0.6 is 0 Å². The number of hydrogen-bond acceptors (Lipinski definition) is 5. The summed E-state index contributed by atoms with van der Waals surface area (Å²) < 4.78 is 33.0. The Hall–Kier alpha value is -3.26. The Morgan fingerprint density at radius 2 is 2.00 bits per heavy atom. The lowest BCUT2D eigenvalue weighted by molar-refractivity contribution is 0.0541. The van der Waals surface area contributed by atoms with Gasteiger partial charge in [-0.1, -0.05) is 6.07 Å². The van der Waals surface area contributed by atoms with Crippen molar-refractivity contribution in [2.24, 2.45) is 0 Å². The number of nitrogens with one attached hydrogen (secondary N) is 1. The lowest BCUT2D eigenvalue weighted by Crippen LogP contribution is -2.40. The Morgan fingerprint density at radius 1 is 1.20 bits per heavy atom. The number of aliphatic hydroxyl groups excluding tert-OH is 1. The molecule has 30 heavy (non-hydrogen) atoms. The van der Waals surface area contributed by atoms with E-state index in [1.54, 1.807) is 35.4 Å². The van der Waals surface area contributed by atoms with E-state index in [1.165, 1.54) is 12.1 Å². The summed E-state index contributed by atoms with van der Waals surface area (Å²) in [5, 5.41) is 12.7. The van der Waals surface area contributed by atoms with Crippen LogP contribution in [-0.2, 0) is 6.54 Å². The van der Waals surface area contributed by atoms with E-state index in [1.807, 2.05) is 0 Å². The van der Waals surface area contributed by atoms with Crippen molar-refractivity contribution in [3.05, 3.63) is 71.8 Å². The molecule has 0 atom stereocenters. The summed E-state index contributed by atoms with van der Waals surface area (Å²) in [5.41, 5.74) is 1.06. The molecule has 0 aliphatic carbocycles. The number of furan rings is 1. The molecule has 1 saturated heterocycles. The molecule has 0 radical (unpaired) electrons. The van der Waals surface area contributed by atoms with E-state index in [9.17, 15) is 18.7 Å². The number of anilines is 1. The Morgan fingerprint density at radius 3 is 2.80 bits per heavy atom. The lowest BCUT2D eigenvalue weighted by Gasteiger charge is -2.29. The van der Waals surface area contributed by atoms with Crippen molar-refractivity contribution in [2.45, 2.75) is 25.5 Å². The molecule has 8 heteroatoms. The largest absolute Gasteiger partial charge is 0.459 e. The van der Waals surface area contributed by atoms with Gasteiger partial charge in [0.2, 0.25) is 0 Å². The van der Waals surface area contributed by atoms with Crippen LogP contribution < -0.4 is 5.32 Å². The first-order chi connectivity index (χ1) is 14.5. The van der Waals surface area contributed by atoms with Crippen LogP contribution in [0.1, 0.15) is 29.1 Å². The highest BCUT2D eigenvalue weighted by Crippen LogP contribution is 2.26. The number of pyridine rings is 1. The molecule has 1 amide bonds. The van der Waals surface area contributed by atoms with Crippen LogP contribution in [0.4, 0.5) is 14.5 Å². The molecule has 0 saturated carbocycles. The number of carbonyl (C=O) groups is 1. The van der Waals surface area contributed by atoms with Gasteiger partial charge in [-0.05, 0) is 49.2 Å². The summed E-state index contributed by atoms with van der Waals surface area (Å²) >= 11 is 0. The van der Waals surface area contributed by atoms with E-state index < -0.39 is 11.6 Å². The molecule has 3 aromatic rings. The monoisotopic (exact) mass is 413 g/mol. The Kier molecular flexibility index (Phi) is 5.76. The molecule has 1 fully saturated rings. The second kappa shape index (κ2) is 8.62. The maximum Gasteiger partial charge on any atom is 0.272 e. The zero-order chi connectivity index (χ0) is 21.1. The lowest BCUT2D eigenvalue weighted by atomic mass is 10.1. The summed E-state index contributed by atoms with van der Waals surface area (Å²) in [5.74, 6) is -1.29. The Bertz CT molecular complexity index is 1050. The number of likely N-dealkylation sites (tertiary alicyclic amines) is 1. The summed E-state index contributed by atoms with van der Waals surface area (Å²) in [6.07, 6.45) is 2.32. The topological polar surface area (TPSA) is 78.6 Å². The van der Waals surface area contributed by atoms with E-state index in [-0.39, 0.29) is 23.3 Å². The molecule has 1 aromatic carbocycles. The van der Waals surface area contributed by atoms with E-state index in [0.29, 0.717) is 49.6 Å². The molecular weight excluding hydrogens is 392 g/mol. The summed E-state index contributed by atoms with van der Waals surface area (Å²) in [7, 11) is 0. The number of halogens is 2. The highest BCUT2D eigenvalue weighted by molar-refractivity contribution is 5.93. The molecule has 1 aliphatic heterocycles. The zero-order valence-electron chi connectivity index (χ0n) is 16.1. The molecule has 2 N–H and O–H groups in total. The van der Waals surface area contributed by atoms with Gasteiger partial charge in [0.1, 0.15) is 17.2 Å². The van der Waals surface area contributed by atoms with Gasteiger partial charge in [-0.25, -0.2) is 8.78 Å². The molecule has 0 spiro atoms. The molecule has 0 bridgehead atoms. The van der Waals surface area contributed by atoms with Crippen molar-refractivity contribution in [3.8, 4) is 11.3 Å². The van der Waals surface area contributed by atoms with Crippen LogP contribution in [0.5, 0.6) is 0 Å². The van der Waals surface area contributed by atoms with Crippen LogP contribution in [-0.4, -0.2) is 40.1 Å². The third-order valence-corrected chi connectivity index (χ3v) is 5.08. The molecule has 0 unspecified atom stereocenters. The van der Waals surface area contributed by atoms with Crippen LogP contribution in [0.2, 0.25) is 0 Å². The maximum absolute atomic E-state index is 13.9. The fourth-order valence-electron chi connectivity index (χ4n) is 3.39. The second-order valence-corrected chi connectivity index (χ2v) is 7.17. The van der Waals surface area contributed by atoms with Gasteiger partial charge in [-0.3, -0.25) is 9.78 Å². The summed E-state index contributed by atoms with van der Waals surface area (Å²) in [6, 6.07) is 10.6. The number of hydrogen-bond donors (Lipinski definition) is 2. The molecule has 6 nitrogen and oxygen atoms in total. The number of benzene rings is 1. The third-order valence-electron chi connectivity index (χ3n) is 5.08. The fraction of sp³-hybridized carbons (Fsp3) is 0.273. The summed E-state index contributed by atoms with van der Waals surface area (Å²) in [6.45, 7) is 1.31.